The van der Waals surface area contributed by atoms with Gasteiger partial charge in [0, 0.05) is 5.69 Å². The molecule has 0 bridgehead atoms. The lowest BCUT2D eigenvalue weighted by Gasteiger charge is -2.18. The van der Waals surface area contributed by atoms with E-state index in [4.69, 9.17) is 4.74 Å². The van der Waals surface area contributed by atoms with Crippen LogP contribution in [0.4, 0.5) is 5.69 Å². The van der Waals surface area contributed by atoms with E-state index in [0.717, 1.165) is 11.3 Å². The summed E-state index contributed by atoms with van der Waals surface area (Å²) in [7, 11) is -3.72. The molecule has 9 heteroatoms. The summed E-state index contributed by atoms with van der Waals surface area (Å²) >= 11 is 2.67. The highest BCUT2D eigenvalue weighted by molar-refractivity contribution is 7.98. The van der Waals surface area contributed by atoms with Crippen molar-refractivity contribution >= 4 is 44.7 Å². The molecule has 0 aliphatic carbocycles. The van der Waals surface area contributed by atoms with Gasteiger partial charge in [0.15, 0.2) is 0 Å². The molecule has 0 radical (unpaired) electrons. The number of amides is 1. The van der Waals surface area contributed by atoms with E-state index in [1.807, 2.05) is 13.2 Å². The summed E-state index contributed by atoms with van der Waals surface area (Å²) in [5, 5.41) is 4.45. The number of hydrogen-bond acceptors (Lipinski definition) is 6. The largest absolute Gasteiger partial charge is 0.494 e. The number of anilines is 1. The van der Waals surface area contributed by atoms with Gasteiger partial charge in [-0.3, -0.25) is 4.79 Å². The lowest BCUT2D eigenvalue weighted by Crippen LogP contribution is -2.43. The zero-order valence-corrected chi connectivity index (χ0v) is 17.0. The van der Waals surface area contributed by atoms with E-state index in [1.54, 1.807) is 47.5 Å². The first kappa shape index (κ1) is 20.8. The van der Waals surface area contributed by atoms with Crippen molar-refractivity contribution in [3.05, 3.63) is 41.8 Å². The number of carbonyl (C=O) groups excluding carboxylic acids is 1. The molecule has 6 nitrogen and oxygen atoms in total. The number of ether oxygens (including phenoxy) is 1. The van der Waals surface area contributed by atoms with Crippen LogP contribution in [-0.2, 0) is 14.8 Å². The lowest BCUT2D eigenvalue weighted by atomic mass is 10.2. The maximum absolute atomic E-state index is 12.6. The van der Waals surface area contributed by atoms with Crippen LogP contribution in [0.5, 0.6) is 5.75 Å². The van der Waals surface area contributed by atoms with Crippen molar-refractivity contribution in [3.63, 3.8) is 0 Å². The molecule has 0 spiro atoms. The van der Waals surface area contributed by atoms with E-state index in [-0.39, 0.29) is 10.1 Å². The third kappa shape index (κ3) is 6.01. The number of hydrogen-bond donors (Lipinski definition) is 2. The van der Waals surface area contributed by atoms with Gasteiger partial charge in [-0.05, 0) is 61.1 Å². The van der Waals surface area contributed by atoms with Crippen molar-refractivity contribution in [2.24, 2.45) is 0 Å². The molecule has 0 fully saturated rings. The first-order valence-corrected chi connectivity index (χ1v) is 11.8. The number of benzene rings is 1. The van der Waals surface area contributed by atoms with E-state index in [0.29, 0.717) is 30.2 Å². The van der Waals surface area contributed by atoms with Crippen LogP contribution in [0, 0.1) is 0 Å². The average molecular weight is 415 g/mol. The summed E-state index contributed by atoms with van der Waals surface area (Å²) in [6.45, 7) is 2.46. The molecule has 0 unspecified atom stereocenters. The number of sulfonamides is 1. The Morgan fingerprint density at radius 2 is 2.00 bits per heavy atom. The fraction of sp³-hybridized carbons (Fsp3) is 0.353. The summed E-state index contributed by atoms with van der Waals surface area (Å²) in [4.78, 5) is 12.6. The molecule has 2 aromatic rings. The molecule has 1 aromatic carbocycles. The summed E-state index contributed by atoms with van der Waals surface area (Å²) in [5.74, 6) is 0.986. The summed E-state index contributed by atoms with van der Waals surface area (Å²) < 4.78 is 32.9. The normalized spacial score (nSPS) is 12.5. The van der Waals surface area contributed by atoms with Crippen LogP contribution in [-0.4, -0.2) is 39.0 Å². The molecule has 1 heterocycles. The quantitative estimate of drug-likeness (QED) is 0.624. The summed E-state index contributed by atoms with van der Waals surface area (Å²) in [6.07, 6.45) is 2.31. The molecular weight excluding hydrogens is 392 g/mol. The van der Waals surface area contributed by atoms with E-state index >= 15 is 0 Å². The second-order valence-electron chi connectivity index (χ2n) is 5.33. The lowest BCUT2D eigenvalue weighted by molar-refractivity contribution is -0.117. The number of nitrogens with one attached hydrogen (secondary N) is 2. The molecule has 2 rings (SSSR count). The van der Waals surface area contributed by atoms with Crippen LogP contribution in [0.25, 0.3) is 0 Å². The van der Waals surface area contributed by atoms with Crippen molar-refractivity contribution in [1.82, 2.24) is 4.72 Å². The highest BCUT2D eigenvalue weighted by Gasteiger charge is 2.26. The van der Waals surface area contributed by atoms with Crippen LogP contribution in [0.1, 0.15) is 13.3 Å². The number of thioether (sulfide) groups is 1. The molecule has 1 amide bonds. The Kier molecular flexibility index (Phi) is 7.95. The van der Waals surface area contributed by atoms with Gasteiger partial charge in [-0.15, -0.1) is 11.3 Å². The third-order valence-electron chi connectivity index (χ3n) is 3.42. The summed E-state index contributed by atoms with van der Waals surface area (Å²) in [6, 6.07) is 9.29. The Balaban J connectivity index is 2.08. The van der Waals surface area contributed by atoms with Gasteiger partial charge in [-0.1, -0.05) is 6.07 Å². The molecule has 0 aliphatic heterocycles. The fourth-order valence-electron chi connectivity index (χ4n) is 2.17. The van der Waals surface area contributed by atoms with Crippen molar-refractivity contribution in [1.29, 1.82) is 0 Å². The van der Waals surface area contributed by atoms with Gasteiger partial charge in [-0.25, -0.2) is 8.42 Å². The molecular formula is C17H22N2O4S3. The smallest absolute Gasteiger partial charge is 0.250 e. The third-order valence-corrected chi connectivity index (χ3v) is 6.93. The molecule has 0 saturated heterocycles. The Hall–Kier alpha value is -1.55. The topological polar surface area (TPSA) is 84.5 Å². The van der Waals surface area contributed by atoms with Gasteiger partial charge < -0.3 is 10.1 Å². The van der Waals surface area contributed by atoms with Crippen molar-refractivity contribution < 1.29 is 17.9 Å². The van der Waals surface area contributed by atoms with Crippen LogP contribution in [0.2, 0.25) is 0 Å². The van der Waals surface area contributed by atoms with Gasteiger partial charge in [-0.2, -0.15) is 16.5 Å². The molecule has 142 valence electrons. The number of carbonyl (C=O) groups is 1. The zero-order chi connectivity index (χ0) is 19.0. The molecule has 0 saturated carbocycles. The van der Waals surface area contributed by atoms with Crippen molar-refractivity contribution in [2.45, 2.75) is 23.6 Å². The second-order valence-corrected chi connectivity index (χ2v) is 9.21. The van der Waals surface area contributed by atoms with Gasteiger partial charge in [0.05, 0.1) is 6.61 Å². The monoisotopic (exact) mass is 414 g/mol. The Morgan fingerprint density at radius 1 is 1.27 bits per heavy atom. The first-order valence-electron chi connectivity index (χ1n) is 8.04. The van der Waals surface area contributed by atoms with Crippen molar-refractivity contribution in [3.8, 4) is 5.75 Å². The van der Waals surface area contributed by atoms with E-state index in [2.05, 4.69) is 10.0 Å². The maximum atomic E-state index is 12.6. The minimum absolute atomic E-state index is 0.195. The highest BCUT2D eigenvalue weighted by Crippen LogP contribution is 2.19. The van der Waals surface area contributed by atoms with Crippen LogP contribution >= 0.6 is 23.1 Å². The molecule has 1 aromatic heterocycles. The summed E-state index contributed by atoms with van der Waals surface area (Å²) in [5.41, 5.74) is 0.586. The zero-order valence-electron chi connectivity index (χ0n) is 14.6. The second kappa shape index (κ2) is 9.96. The molecule has 1 atom stereocenters. The number of thiophene rings is 1. The standard InChI is InChI=1S/C17H22N2O4S3/c1-3-23-14-8-6-13(7-9-14)18-17(20)15(10-12-24-2)19-26(21,22)16-5-4-11-25-16/h4-9,11,15,19H,3,10,12H2,1-2H3,(H,18,20)/t15-/m1/s1. The predicted molar refractivity (Wildman–Crippen MR) is 108 cm³/mol. The van der Waals surface area contributed by atoms with Crippen LogP contribution < -0.4 is 14.8 Å². The van der Waals surface area contributed by atoms with E-state index in [9.17, 15) is 13.2 Å². The van der Waals surface area contributed by atoms with Gasteiger partial charge in [0.25, 0.3) is 10.0 Å². The van der Waals surface area contributed by atoms with Gasteiger partial charge in [0.2, 0.25) is 5.91 Å². The van der Waals surface area contributed by atoms with Crippen LogP contribution in [0.3, 0.4) is 0 Å². The Labute approximate surface area is 162 Å². The van der Waals surface area contributed by atoms with E-state index < -0.39 is 16.1 Å². The maximum Gasteiger partial charge on any atom is 0.250 e. The minimum atomic E-state index is -3.72. The van der Waals surface area contributed by atoms with Crippen LogP contribution in [0.15, 0.2) is 46.0 Å². The Bertz CT molecular complexity index is 790. The minimum Gasteiger partial charge on any atom is -0.494 e. The highest BCUT2D eigenvalue weighted by atomic mass is 32.2. The number of rotatable bonds is 10. The fourth-order valence-corrected chi connectivity index (χ4v) is 4.88. The molecule has 0 aliphatic rings. The first-order chi connectivity index (χ1) is 12.5. The van der Waals surface area contributed by atoms with E-state index in [1.165, 1.54) is 6.07 Å². The molecule has 26 heavy (non-hydrogen) atoms. The SMILES string of the molecule is CCOc1ccc(NC(=O)[C@@H](CCSC)NS(=O)(=O)c2cccs2)cc1. The van der Waals surface area contributed by atoms with Crippen molar-refractivity contribution in [2.75, 3.05) is 23.9 Å². The molecule has 2 N–H and O–H groups in total. The van der Waals surface area contributed by atoms with Gasteiger partial charge in [0.1, 0.15) is 16.0 Å². The van der Waals surface area contributed by atoms with Gasteiger partial charge >= 0.3 is 0 Å². The Morgan fingerprint density at radius 3 is 2.58 bits per heavy atom. The average Bonchev–Trinajstić information content (AvgIpc) is 3.16. The predicted octanol–water partition coefficient (Wildman–Crippen LogP) is 3.19.